The van der Waals surface area contributed by atoms with E-state index in [9.17, 15) is 4.79 Å². The zero-order valence-corrected chi connectivity index (χ0v) is 14.4. The van der Waals surface area contributed by atoms with Gasteiger partial charge in [0.05, 0.1) is 18.3 Å². The Kier molecular flexibility index (Phi) is 6.90. The topological polar surface area (TPSA) is 59.6 Å². The van der Waals surface area contributed by atoms with Gasteiger partial charge in [0.25, 0.3) is 0 Å². The number of rotatable bonds is 7. The zero-order chi connectivity index (χ0) is 17.4. The molecule has 2 rings (SSSR count). The van der Waals surface area contributed by atoms with E-state index < -0.39 is 6.09 Å². The number of ether oxygens (including phenoxy) is 1. The van der Waals surface area contributed by atoms with Crippen molar-refractivity contribution in [1.82, 2.24) is 5.32 Å². The molecule has 0 saturated carbocycles. The van der Waals surface area contributed by atoms with Gasteiger partial charge in [0.2, 0.25) is 0 Å². The fraction of sp³-hybridized carbons (Fsp3) is 0.278. The van der Waals surface area contributed by atoms with E-state index in [1.54, 1.807) is 19.1 Å². The molecule has 0 aliphatic heterocycles. The lowest BCUT2D eigenvalue weighted by atomic mass is 10.0. The van der Waals surface area contributed by atoms with Crippen molar-refractivity contribution in [2.24, 2.45) is 0 Å². The Morgan fingerprint density at radius 2 is 1.79 bits per heavy atom. The fourth-order valence-electron chi connectivity index (χ4n) is 2.18. The molecule has 2 N–H and O–H groups in total. The van der Waals surface area contributed by atoms with E-state index in [1.807, 2.05) is 49.4 Å². The number of anilines is 1. The quantitative estimate of drug-likeness (QED) is 0.720. The third-order valence-corrected chi connectivity index (χ3v) is 3.64. The van der Waals surface area contributed by atoms with E-state index in [2.05, 4.69) is 10.8 Å². The summed E-state index contributed by atoms with van der Waals surface area (Å²) in [5, 5.41) is 3.48. The first kappa shape index (κ1) is 18.1. The van der Waals surface area contributed by atoms with Crippen LogP contribution in [-0.4, -0.2) is 18.8 Å². The van der Waals surface area contributed by atoms with Gasteiger partial charge in [0, 0.05) is 5.02 Å². The fourth-order valence-corrected chi connectivity index (χ4v) is 2.30. The van der Waals surface area contributed by atoms with E-state index in [0.717, 1.165) is 11.3 Å². The first-order valence-corrected chi connectivity index (χ1v) is 8.13. The molecule has 0 unspecified atom stereocenters. The summed E-state index contributed by atoms with van der Waals surface area (Å²) in [4.78, 5) is 17.5. The predicted molar refractivity (Wildman–Crippen MR) is 95.0 cm³/mol. The third-order valence-electron chi connectivity index (χ3n) is 3.38. The molecular formula is C18H21ClN2O3. The van der Waals surface area contributed by atoms with Gasteiger partial charge in [-0.15, -0.1) is 0 Å². The van der Waals surface area contributed by atoms with Crippen molar-refractivity contribution in [1.29, 1.82) is 0 Å². The van der Waals surface area contributed by atoms with Crippen LogP contribution in [0.5, 0.6) is 0 Å². The zero-order valence-electron chi connectivity index (χ0n) is 13.7. The number of hydrogen-bond acceptors (Lipinski definition) is 4. The minimum Gasteiger partial charge on any atom is -0.450 e. The molecule has 0 saturated heterocycles. The average molecular weight is 349 g/mol. The molecule has 0 radical (unpaired) electrons. The molecular weight excluding hydrogens is 328 g/mol. The van der Waals surface area contributed by atoms with Crippen molar-refractivity contribution in [2.75, 3.05) is 12.1 Å². The van der Waals surface area contributed by atoms with Gasteiger partial charge in [-0.25, -0.2) is 4.79 Å². The minimum absolute atomic E-state index is 0.311. The normalized spacial score (nSPS) is 13.0. The lowest BCUT2D eigenvalue weighted by molar-refractivity contribution is 0.0740. The SMILES string of the molecule is CCOC(=O)N[C@H](c1ccccc1)[C@H](C)ONc1ccc(Cl)cc1. The van der Waals surface area contributed by atoms with Gasteiger partial charge in [0.15, 0.2) is 0 Å². The average Bonchev–Trinajstić information content (AvgIpc) is 2.60. The first-order chi connectivity index (χ1) is 11.6. The van der Waals surface area contributed by atoms with Crippen molar-refractivity contribution in [2.45, 2.75) is 26.0 Å². The van der Waals surface area contributed by atoms with Crippen LogP contribution < -0.4 is 10.8 Å². The highest BCUT2D eigenvalue weighted by atomic mass is 35.5. The molecule has 24 heavy (non-hydrogen) atoms. The van der Waals surface area contributed by atoms with E-state index >= 15 is 0 Å². The van der Waals surface area contributed by atoms with E-state index in [0.29, 0.717) is 11.6 Å². The maximum absolute atomic E-state index is 11.8. The summed E-state index contributed by atoms with van der Waals surface area (Å²) >= 11 is 5.86. The smallest absolute Gasteiger partial charge is 0.407 e. The highest BCUT2D eigenvalue weighted by molar-refractivity contribution is 6.30. The summed E-state index contributed by atoms with van der Waals surface area (Å²) in [6.07, 6.45) is -0.819. The van der Waals surface area contributed by atoms with Crippen LogP contribution in [0.1, 0.15) is 25.5 Å². The Bertz CT molecular complexity index is 634. The Morgan fingerprint density at radius 3 is 2.42 bits per heavy atom. The standard InChI is InChI=1S/C18H21ClN2O3/c1-3-23-18(22)20-17(14-7-5-4-6-8-14)13(2)24-21-16-11-9-15(19)10-12-16/h4-13,17,21H,3H2,1-2H3,(H,20,22)/t13-,17-/m0/s1. The molecule has 2 aromatic rings. The van der Waals surface area contributed by atoms with Gasteiger partial charge in [0.1, 0.15) is 6.10 Å². The van der Waals surface area contributed by atoms with Crippen LogP contribution >= 0.6 is 11.6 Å². The maximum Gasteiger partial charge on any atom is 0.407 e. The Hall–Kier alpha value is -2.24. The number of nitrogens with one attached hydrogen (secondary N) is 2. The maximum atomic E-state index is 11.8. The number of carbonyl (C=O) groups excluding carboxylic acids is 1. The van der Waals surface area contributed by atoms with E-state index in [4.69, 9.17) is 21.2 Å². The van der Waals surface area contributed by atoms with E-state index in [-0.39, 0.29) is 12.1 Å². The van der Waals surface area contributed by atoms with Crippen molar-refractivity contribution >= 4 is 23.4 Å². The van der Waals surface area contributed by atoms with Crippen LogP contribution in [0.4, 0.5) is 10.5 Å². The van der Waals surface area contributed by atoms with Crippen molar-refractivity contribution in [3.8, 4) is 0 Å². The molecule has 1 amide bonds. The van der Waals surface area contributed by atoms with Crippen LogP contribution in [0.3, 0.4) is 0 Å². The van der Waals surface area contributed by atoms with Crippen molar-refractivity contribution in [3.05, 3.63) is 65.2 Å². The Labute approximate surface area is 146 Å². The van der Waals surface area contributed by atoms with Gasteiger partial charge in [-0.3, -0.25) is 10.3 Å². The summed E-state index contributed by atoms with van der Waals surface area (Å²) in [7, 11) is 0. The molecule has 0 spiro atoms. The predicted octanol–water partition coefficient (Wildman–Crippen LogP) is 4.56. The first-order valence-electron chi connectivity index (χ1n) is 7.75. The molecule has 2 atom stereocenters. The molecule has 128 valence electrons. The van der Waals surface area contributed by atoms with Gasteiger partial charge in [-0.1, -0.05) is 41.9 Å². The molecule has 0 aliphatic rings. The highest BCUT2D eigenvalue weighted by Crippen LogP contribution is 2.21. The van der Waals surface area contributed by atoms with Crippen LogP contribution in [0.25, 0.3) is 0 Å². The van der Waals surface area contributed by atoms with Gasteiger partial charge >= 0.3 is 6.09 Å². The van der Waals surface area contributed by atoms with Crippen LogP contribution in [-0.2, 0) is 9.57 Å². The Balaban J connectivity index is 2.04. The molecule has 0 aliphatic carbocycles. The monoisotopic (exact) mass is 348 g/mol. The molecule has 5 nitrogen and oxygen atoms in total. The summed E-state index contributed by atoms with van der Waals surface area (Å²) in [5.74, 6) is 0. The summed E-state index contributed by atoms with van der Waals surface area (Å²) in [6.45, 7) is 3.94. The second-order valence-corrected chi connectivity index (χ2v) is 5.62. The van der Waals surface area contributed by atoms with Gasteiger partial charge in [-0.05, 0) is 43.7 Å². The van der Waals surface area contributed by atoms with Crippen LogP contribution in [0.15, 0.2) is 54.6 Å². The molecule has 6 heteroatoms. The highest BCUT2D eigenvalue weighted by Gasteiger charge is 2.23. The largest absolute Gasteiger partial charge is 0.450 e. The second kappa shape index (κ2) is 9.15. The van der Waals surface area contributed by atoms with Crippen molar-refractivity contribution < 1.29 is 14.4 Å². The number of alkyl carbamates (subject to hydrolysis) is 1. The number of amides is 1. The number of hydrogen-bond donors (Lipinski definition) is 2. The Morgan fingerprint density at radius 1 is 1.12 bits per heavy atom. The summed E-state index contributed by atoms with van der Waals surface area (Å²) in [6, 6.07) is 16.4. The second-order valence-electron chi connectivity index (χ2n) is 5.19. The summed E-state index contributed by atoms with van der Waals surface area (Å²) < 4.78 is 4.98. The molecule has 0 bridgehead atoms. The minimum atomic E-state index is -0.478. The van der Waals surface area contributed by atoms with Gasteiger partial charge < -0.3 is 10.1 Å². The molecule has 0 heterocycles. The number of carbonyl (C=O) groups is 1. The van der Waals surface area contributed by atoms with E-state index in [1.165, 1.54) is 0 Å². The molecule has 0 fully saturated rings. The van der Waals surface area contributed by atoms with Gasteiger partial charge in [-0.2, -0.15) is 0 Å². The number of benzene rings is 2. The van der Waals surface area contributed by atoms with Crippen LogP contribution in [0.2, 0.25) is 5.02 Å². The molecule has 2 aromatic carbocycles. The third kappa shape index (κ3) is 5.44. The summed E-state index contributed by atoms with van der Waals surface area (Å²) in [5.41, 5.74) is 4.58. The van der Waals surface area contributed by atoms with Crippen LogP contribution in [0, 0.1) is 0 Å². The number of halogens is 1. The molecule has 0 aromatic heterocycles. The lowest BCUT2D eigenvalue weighted by Crippen LogP contribution is -2.37. The van der Waals surface area contributed by atoms with Crippen molar-refractivity contribution in [3.63, 3.8) is 0 Å². The lowest BCUT2D eigenvalue weighted by Gasteiger charge is -2.25.